The van der Waals surface area contributed by atoms with Crippen LogP contribution in [0.5, 0.6) is 0 Å². The second-order valence-electron chi connectivity index (χ2n) is 9.25. The molecule has 1 saturated heterocycles. The van der Waals surface area contributed by atoms with Crippen molar-refractivity contribution < 1.29 is 48.9 Å². The number of rotatable bonds is 18. The highest BCUT2D eigenvalue weighted by Crippen LogP contribution is 2.18. The number of carbonyl (C=O) groups excluding carboxylic acids is 6. The maximum Gasteiger partial charge on any atom is 0.328 e. The lowest BCUT2D eigenvalue weighted by Gasteiger charge is -2.28. The summed E-state index contributed by atoms with van der Waals surface area (Å²) >= 11 is 1.38. The van der Waals surface area contributed by atoms with E-state index in [1.807, 2.05) is 0 Å². The summed E-state index contributed by atoms with van der Waals surface area (Å²) < 4.78 is 0. The highest BCUT2D eigenvalue weighted by molar-refractivity contribution is 7.98. The van der Waals surface area contributed by atoms with Gasteiger partial charge in [-0.2, -0.15) is 11.8 Å². The monoisotopic (exact) mass is 605 g/mol. The lowest BCUT2D eigenvalue weighted by molar-refractivity contribution is -0.143. The number of nitrogens with one attached hydrogen (secondary N) is 4. The molecule has 1 rings (SSSR count). The van der Waals surface area contributed by atoms with Gasteiger partial charge in [0.2, 0.25) is 35.4 Å². The number of primary amides is 1. The summed E-state index contributed by atoms with van der Waals surface area (Å²) in [5.41, 5.74) is 10.7. The van der Waals surface area contributed by atoms with E-state index in [1.54, 1.807) is 6.26 Å². The lowest BCUT2D eigenvalue weighted by atomic mass is 10.1. The third kappa shape index (κ3) is 11.9. The maximum absolute atomic E-state index is 13.0. The van der Waals surface area contributed by atoms with Crippen molar-refractivity contribution in [3.63, 3.8) is 0 Å². The normalized spacial score (nSPS) is 17.5. The molecule has 41 heavy (non-hydrogen) atoms. The zero-order valence-electron chi connectivity index (χ0n) is 22.7. The largest absolute Gasteiger partial charge is 0.480 e. The highest BCUT2D eigenvalue weighted by atomic mass is 32.2. The summed E-state index contributed by atoms with van der Waals surface area (Å²) in [7, 11) is 0. The number of carboxylic acid groups (broad SMARTS) is 1. The lowest BCUT2D eigenvalue weighted by Crippen LogP contribution is -2.57. The van der Waals surface area contributed by atoms with E-state index >= 15 is 0 Å². The van der Waals surface area contributed by atoms with E-state index in [0.29, 0.717) is 12.2 Å². The highest BCUT2D eigenvalue weighted by Gasteiger charge is 2.38. The van der Waals surface area contributed by atoms with Gasteiger partial charge in [0, 0.05) is 13.0 Å². The molecule has 0 spiro atoms. The quantitative estimate of drug-likeness (QED) is 0.0710. The van der Waals surface area contributed by atoms with Crippen LogP contribution in [0.4, 0.5) is 0 Å². The Morgan fingerprint density at radius 3 is 2.15 bits per heavy atom. The van der Waals surface area contributed by atoms with E-state index in [2.05, 4.69) is 21.3 Å². The van der Waals surface area contributed by atoms with Crippen LogP contribution in [-0.2, 0) is 33.6 Å². The number of likely N-dealkylation sites (tertiary alicyclic amines) is 1. The third-order valence-electron chi connectivity index (χ3n) is 6.16. The van der Waals surface area contributed by atoms with Gasteiger partial charge in [0.1, 0.15) is 24.2 Å². The van der Waals surface area contributed by atoms with Crippen molar-refractivity contribution in [2.24, 2.45) is 11.5 Å². The van der Waals surface area contributed by atoms with Crippen molar-refractivity contribution in [2.45, 2.75) is 62.3 Å². The molecule has 11 N–H and O–H groups in total. The summed E-state index contributed by atoms with van der Waals surface area (Å²) in [6.45, 7) is -2.04. The van der Waals surface area contributed by atoms with Crippen LogP contribution in [0.15, 0.2) is 0 Å². The third-order valence-corrected chi connectivity index (χ3v) is 6.80. The molecule has 17 nitrogen and oxygen atoms in total. The van der Waals surface area contributed by atoms with E-state index in [4.69, 9.17) is 21.7 Å². The van der Waals surface area contributed by atoms with E-state index in [9.17, 15) is 38.7 Å². The van der Waals surface area contributed by atoms with Crippen LogP contribution in [0.1, 0.15) is 32.1 Å². The van der Waals surface area contributed by atoms with Crippen molar-refractivity contribution >= 4 is 53.2 Å². The predicted molar refractivity (Wildman–Crippen MR) is 145 cm³/mol. The number of hydrogen-bond acceptors (Lipinski definition) is 11. The minimum Gasteiger partial charge on any atom is -0.480 e. The van der Waals surface area contributed by atoms with Gasteiger partial charge in [0.15, 0.2) is 0 Å². The first-order valence-corrected chi connectivity index (χ1v) is 14.2. The molecule has 18 heteroatoms. The van der Waals surface area contributed by atoms with Crippen molar-refractivity contribution in [1.29, 1.82) is 0 Å². The minimum atomic E-state index is -1.56. The number of nitrogens with two attached hydrogens (primary N) is 2. The molecule has 232 valence electrons. The number of amides is 6. The second-order valence-corrected chi connectivity index (χ2v) is 10.2. The predicted octanol–water partition coefficient (Wildman–Crippen LogP) is -5.04. The van der Waals surface area contributed by atoms with Gasteiger partial charge in [-0.05, 0) is 37.7 Å². The van der Waals surface area contributed by atoms with Crippen molar-refractivity contribution in [3.05, 3.63) is 0 Å². The van der Waals surface area contributed by atoms with Crippen LogP contribution in [0.3, 0.4) is 0 Å². The molecule has 0 aromatic heterocycles. The molecule has 0 aromatic rings. The maximum atomic E-state index is 13.0. The first-order valence-electron chi connectivity index (χ1n) is 12.8. The summed E-state index contributed by atoms with van der Waals surface area (Å²) in [6, 6.07) is -6.24. The number of carbonyl (C=O) groups is 7. The van der Waals surface area contributed by atoms with Crippen molar-refractivity contribution in [2.75, 3.05) is 38.3 Å². The Bertz CT molecular complexity index is 969. The van der Waals surface area contributed by atoms with Crippen LogP contribution in [0.25, 0.3) is 0 Å². The van der Waals surface area contributed by atoms with Gasteiger partial charge in [-0.1, -0.05) is 0 Å². The molecule has 0 saturated carbocycles. The van der Waals surface area contributed by atoms with E-state index in [1.165, 1.54) is 16.7 Å². The number of aliphatic carboxylic acids is 1. The molecule has 1 heterocycles. The van der Waals surface area contributed by atoms with E-state index in [-0.39, 0.29) is 32.2 Å². The van der Waals surface area contributed by atoms with Crippen molar-refractivity contribution in [1.82, 2.24) is 26.2 Å². The molecule has 0 unspecified atom stereocenters. The number of nitrogens with zero attached hydrogens (tertiary/aromatic N) is 1. The Balaban J connectivity index is 2.75. The molecule has 6 amide bonds. The van der Waals surface area contributed by atoms with Crippen LogP contribution in [-0.4, -0.2) is 130 Å². The van der Waals surface area contributed by atoms with Crippen LogP contribution in [0.2, 0.25) is 0 Å². The molecule has 0 bridgehead atoms. The topological polar surface area (TPSA) is 284 Å². The Kier molecular flexibility index (Phi) is 15.7. The van der Waals surface area contributed by atoms with Gasteiger partial charge in [0.25, 0.3) is 0 Å². The number of hydrogen-bond donors (Lipinski definition) is 9. The molecule has 0 radical (unpaired) electrons. The van der Waals surface area contributed by atoms with Crippen LogP contribution < -0.4 is 32.7 Å². The number of aliphatic hydroxyl groups excluding tert-OH is 2. The van der Waals surface area contributed by atoms with E-state index in [0.717, 1.165) is 0 Å². The Labute approximate surface area is 240 Å². The average molecular weight is 606 g/mol. The fourth-order valence-corrected chi connectivity index (χ4v) is 4.36. The minimum absolute atomic E-state index is 0.0638. The molecular weight excluding hydrogens is 566 g/mol. The zero-order chi connectivity index (χ0) is 31.1. The van der Waals surface area contributed by atoms with Crippen molar-refractivity contribution in [3.8, 4) is 0 Å². The molecule has 1 fully saturated rings. The summed E-state index contributed by atoms with van der Waals surface area (Å²) in [6.07, 6.45) is 2.39. The SMILES string of the molecule is CSCC[C@H](NC(=O)CNC(=O)[C@@H]1CCCN1C(=O)[C@H](CO)NC(=O)[C@@H](N)CCC(N)=O)C(=O)N[C@@H](CO)C(=O)O. The summed E-state index contributed by atoms with van der Waals surface area (Å²) in [4.78, 5) is 86.3. The molecule has 0 aromatic carbocycles. The molecule has 1 aliphatic heterocycles. The van der Waals surface area contributed by atoms with Crippen LogP contribution in [0, 0.1) is 0 Å². The average Bonchev–Trinajstić information content (AvgIpc) is 3.43. The Morgan fingerprint density at radius 1 is 0.951 bits per heavy atom. The number of carboxylic acids is 1. The van der Waals surface area contributed by atoms with Gasteiger partial charge in [-0.3, -0.25) is 28.8 Å². The fraction of sp³-hybridized carbons (Fsp3) is 0.696. The first-order chi connectivity index (χ1) is 19.4. The van der Waals surface area contributed by atoms with Gasteiger partial charge in [-0.25, -0.2) is 4.79 Å². The molecule has 5 atom stereocenters. The van der Waals surface area contributed by atoms with Crippen LogP contribution >= 0.6 is 11.8 Å². The summed E-state index contributed by atoms with van der Waals surface area (Å²) in [5.74, 6) is -5.44. The standard InChI is InChI=1S/C23H39N7O10S/c1-41-8-6-13(20(36)29-15(11-32)23(39)40)27-18(34)9-26-21(37)16-3-2-7-30(16)22(38)14(10-31)28-19(35)12(24)4-5-17(25)33/h12-16,31-32H,2-11,24H2,1H3,(H2,25,33)(H,26,37)(H,27,34)(H,28,35)(H,29,36)(H,39,40)/t12-,13-,14-,15-,16-/m0/s1. The van der Waals surface area contributed by atoms with Gasteiger partial charge >= 0.3 is 5.97 Å². The summed E-state index contributed by atoms with van der Waals surface area (Å²) in [5, 5.41) is 37.1. The first kappa shape index (κ1) is 35.5. The Morgan fingerprint density at radius 2 is 1.59 bits per heavy atom. The van der Waals surface area contributed by atoms with Gasteiger partial charge in [-0.15, -0.1) is 0 Å². The fourth-order valence-electron chi connectivity index (χ4n) is 3.89. The van der Waals surface area contributed by atoms with E-state index < -0.39 is 91.4 Å². The molecular formula is C23H39N7O10S. The Hall–Kier alpha value is -3.48. The molecule has 1 aliphatic rings. The zero-order valence-corrected chi connectivity index (χ0v) is 23.5. The number of thioether (sulfide) groups is 1. The molecule has 0 aliphatic carbocycles. The van der Waals surface area contributed by atoms with Gasteiger partial charge < -0.3 is 53.0 Å². The van der Waals surface area contributed by atoms with Gasteiger partial charge in [0.05, 0.1) is 25.8 Å². The number of aliphatic hydroxyl groups is 2. The second kappa shape index (κ2) is 18.1. The smallest absolute Gasteiger partial charge is 0.328 e.